The van der Waals surface area contributed by atoms with Gasteiger partial charge in [-0.1, -0.05) is 19.9 Å². The number of aromatic nitrogens is 2. The lowest BCUT2D eigenvalue weighted by atomic mass is 10.0. The molecule has 0 spiro atoms. The molecule has 0 bridgehead atoms. The van der Waals surface area contributed by atoms with Crippen LogP contribution in [-0.2, 0) is 0 Å². The number of rotatable bonds is 5. The van der Waals surface area contributed by atoms with Gasteiger partial charge in [0.15, 0.2) is 5.43 Å². The third-order valence-electron chi connectivity index (χ3n) is 7.33. The van der Waals surface area contributed by atoms with Crippen LogP contribution in [0.4, 0.5) is 5.69 Å². The topological polar surface area (TPSA) is 77.3 Å². The van der Waals surface area contributed by atoms with Crippen molar-refractivity contribution in [2.45, 2.75) is 32.7 Å². The highest BCUT2D eigenvalue weighted by Crippen LogP contribution is 2.37. The largest absolute Gasteiger partial charge is 0.495 e. The van der Waals surface area contributed by atoms with Gasteiger partial charge in [-0.15, -0.1) is 0 Å². The second-order valence-corrected chi connectivity index (χ2v) is 9.22. The Morgan fingerprint density at radius 3 is 2.47 bits per heavy atom. The van der Waals surface area contributed by atoms with Gasteiger partial charge >= 0.3 is 0 Å². The van der Waals surface area contributed by atoms with Crippen molar-refractivity contribution < 1.29 is 4.74 Å². The van der Waals surface area contributed by atoms with Crippen molar-refractivity contribution >= 4 is 38.5 Å². The molecule has 1 saturated heterocycles. The monoisotopic (exact) mass is 457 g/mol. The molecule has 0 radical (unpaired) electrons. The number of nitriles is 1. The molecule has 7 heteroatoms. The Morgan fingerprint density at radius 1 is 1.09 bits per heavy atom. The maximum absolute atomic E-state index is 13.9. The van der Waals surface area contributed by atoms with E-state index in [0.717, 1.165) is 72.5 Å². The number of methoxy groups -OCH3 is 1. The van der Waals surface area contributed by atoms with Crippen LogP contribution in [0.3, 0.4) is 0 Å². The summed E-state index contributed by atoms with van der Waals surface area (Å²) in [4.78, 5) is 22.1. The van der Waals surface area contributed by atoms with Gasteiger partial charge in [-0.3, -0.25) is 4.79 Å². The number of nitrogens with one attached hydrogen (secondary N) is 1. The second-order valence-electron chi connectivity index (χ2n) is 9.22. The molecule has 3 heterocycles. The molecule has 5 rings (SSSR count). The van der Waals surface area contributed by atoms with Gasteiger partial charge in [-0.25, -0.2) is 0 Å². The smallest absolute Gasteiger partial charge is 0.199 e. The van der Waals surface area contributed by atoms with Crippen molar-refractivity contribution in [2.75, 3.05) is 45.2 Å². The molecule has 34 heavy (non-hydrogen) atoms. The van der Waals surface area contributed by atoms with Crippen LogP contribution in [0.25, 0.3) is 32.8 Å². The van der Waals surface area contributed by atoms with Crippen molar-refractivity contribution in [1.82, 2.24) is 14.5 Å². The first-order valence-corrected chi connectivity index (χ1v) is 12.1. The van der Waals surface area contributed by atoms with Crippen LogP contribution in [0.2, 0.25) is 0 Å². The van der Waals surface area contributed by atoms with E-state index in [1.165, 1.54) is 0 Å². The number of H-pyrrole nitrogens is 1. The number of aromatic amines is 1. The van der Waals surface area contributed by atoms with E-state index in [1.54, 1.807) is 13.2 Å². The van der Waals surface area contributed by atoms with Gasteiger partial charge in [0.25, 0.3) is 0 Å². The third kappa shape index (κ3) is 3.41. The standard InChI is InChI=1S/C27H31N5O2/c1-5-18(6-2)32-22-15-23(31-11-9-30(3)10-12-31)24(34-4)14-20(22)26(33)25-19-8-7-17(16-28)13-21(19)29-27(25)32/h7-8,13-15,18,29H,5-6,9-12H2,1-4H3. The summed E-state index contributed by atoms with van der Waals surface area (Å²) in [6.45, 7) is 8.18. The predicted octanol–water partition coefficient (Wildman–Crippen LogP) is 4.63. The highest BCUT2D eigenvalue weighted by Gasteiger charge is 2.24. The summed E-state index contributed by atoms with van der Waals surface area (Å²) in [6, 6.07) is 12.0. The molecule has 4 aromatic rings. The normalized spacial score (nSPS) is 15.0. The Morgan fingerprint density at radius 2 is 1.82 bits per heavy atom. The molecule has 2 aromatic heterocycles. The molecule has 1 fully saturated rings. The molecule has 176 valence electrons. The highest BCUT2D eigenvalue weighted by molar-refractivity contribution is 6.10. The third-order valence-corrected chi connectivity index (χ3v) is 7.33. The van der Waals surface area contributed by atoms with Crippen molar-refractivity contribution in [3.63, 3.8) is 0 Å². The molecule has 1 aliphatic heterocycles. The van der Waals surface area contributed by atoms with Crippen LogP contribution in [0.1, 0.15) is 38.3 Å². The summed E-state index contributed by atoms with van der Waals surface area (Å²) >= 11 is 0. The molecule has 7 nitrogen and oxygen atoms in total. The first-order valence-electron chi connectivity index (χ1n) is 12.1. The number of likely N-dealkylation sites (N-methyl/N-ethyl adjacent to an activating group) is 1. The molecule has 0 unspecified atom stereocenters. The van der Waals surface area contributed by atoms with E-state index in [2.05, 4.69) is 52.4 Å². The zero-order chi connectivity index (χ0) is 24.0. The van der Waals surface area contributed by atoms with E-state index in [1.807, 2.05) is 18.2 Å². The summed E-state index contributed by atoms with van der Waals surface area (Å²) in [6.07, 6.45) is 1.89. The Labute approximate surface area is 199 Å². The second kappa shape index (κ2) is 8.69. The fourth-order valence-electron chi connectivity index (χ4n) is 5.35. The molecular formula is C27H31N5O2. The minimum atomic E-state index is -0.00797. The number of hydrogen-bond acceptors (Lipinski definition) is 5. The van der Waals surface area contributed by atoms with Gasteiger partial charge in [0.2, 0.25) is 0 Å². The van der Waals surface area contributed by atoms with E-state index in [0.29, 0.717) is 16.3 Å². The van der Waals surface area contributed by atoms with Gasteiger partial charge in [-0.05, 0) is 44.2 Å². The quantitative estimate of drug-likeness (QED) is 0.473. The Bertz CT molecular complexity index is 1480. The Balaban J connectivity index is 1.88. The summed E-state index contributed by atoms with van der Waals surface area (Å²) < 4.78 is 8.11. The molecule has 1 N–H and O–H groups in total. The highest BCUT2D eigenvalue weighted by atomic mass is 16.5. The molecule has 0 atom stereocenters. The molecule has 0 amide bonds. The van der Waals surface area contributed by atoms with Gasteiger partial charge in [0, 0.05) is 43.1 Å². The van der Waals surface area contributed by atoms with E-state index < -0.39 is 0 Å². The first-order chi connectivity index (χ1) is 16.5. The average molecular weight is 458 g/mol. The minimum absolute atomic E-state index is 0.00797. The zero-order valence-corrected chi connectivity index (χ0v) is 20.3. The number of nitrogens with zero attached hydrogens (tertiary/aromatic N) is 4. The molecule has 0 aliphatic carbocycles. The average Bonchev–Trinajstić information content (AvgIpc) is 3.24. The van der Waals surface area contributed by atoms with Crippen LogP contribution in [0.15, 0.2) is 35.1 Å². The van der Waals surface area contributed by atoms with Crippen LogP contribution < -0.4 is 15.1 Å². The summed E-state index contributed by atoms with van der Waals surface area (Å²) in [7, 11) is 3.82. The molecular weight excluding hydrogens is 426 g/mol. The van der Waals surface area contributed by atoms with E-state index in [9.17, 15) is 10.1 Å². The first kappa shape index (κ1) is 22.3. The maximum Gasteiger partial charge on any atom is 0.199 e. The lowest BCUT2D eigenvalue weighted by Crippen LogP contribution is -2.44. The number of benzene rings is 2. The fraction of sp³-hybridized carbons (Fsp3) is 0.407. The van der Waals surface area contributed by atoms with E-state index in [-0.39, 0.29) is 11.5 Å². The molecule has 0 saturated carbocycles. The van der Waals surface area contributed by atoms with Crippen LogP contribution in [0, 0.1) is 11.3 Å². The summed E-state index contributed by atoms with van der Waals surface area (Å²) in [5.41, 5.74) is 4.16. The van der Waals surface area contributed by atoms with Crippen LogP contribution in [-0.4, -0.2) is 54.8 Å². The SMILES string of the molecule is CCC(CC)n1c2cc(N3CCN(C)CC3)c(OC)cc2c(=O)c2c3ccc(C#N)cc3[nH]c21. The Hall–Kier alpha value is -3.50. The number of fused-ring (bicyclic) bond motifs is 4. The lowest BCUT2D eigenvalue weighted by molar-refractivity contribution is 0.311. The van der Waals surface area contributed by atoms with Crippen molar-refractivity contribution in [2.24, 2.45) is 0 Å². The van der Waals surface area contributed by atoms with Crippen molar-refractivity contribution in [3.8, 4) is 11.8 Å². The Kier molecular flexibility index (Phi) is 5.70. The molecule has 2 aromatic carbocycles. The lowest BCUT2D eigenvalue weighted by Gasteiger charge is -2.35. The summed E-state index contributed by atoms with van der Waals surface area (Å²) in [5, 5.41) is 11.6. The predicted molar refractivity (Wildman–Crippen MR) is 138 cm³/mol. The van der Waals surface area contributed by atoms with Crippen molar-refractivity contribution in [1.29, 1.82) is 5.26 Å². The zero-order valence-electron chi connectivity index (χ0n) is 20.3. The van der Waals surface area contributed by atoms with E-state index in [4.69, 9.17) is 4.74 Å². The number of pyridine rings is 1. The van der Waals surface area contributed by atoms with Crippen LogP contribution >= 0.6 is 0 Å². The molecule has 1 aliphatic rings. The van der Waals surface area contributed by atoms with Gasteiger partial charge in [0.05, 0.1) is 40.7 Å². The number of piperazine rings is 1. The van der Waals surface area contributed by atoms with E-state index >= 15 is 0 Å². The van der Waals surface area contributed by atoms with Gasteiger partial charge in [-0.2, -0.15) is 5.26 Å². The maximum atomic E-state index is 13.9. The van der Waals surface area contributed by atoms with Gasteiger partial charge < -0.3 is 24.1 Å². The minimum Gasteiger partial charge on any atom is -0.495 e. The summed E-state index contributed by atoms with van der Waals surface area (Å²) in [5.74, 6) is 0.733. The number of ether oxygens (including phenoxy) is 1. The van der Waals surface area contributed by atoms with Gasteiger partial charge in [0.1, 0.15) is 11.4 Å². The number of anilines is 1. The van der Waals surface area contributed by atoms with Crippen molar-refractivity contribution in [3.05, 3.63) is 46.1 Å². The van der Waals surface area contributed by atoms with Crippen LogP contribution in [0.5, 0.6) is 5.75 Å². The number of hydrogen-bond donors (Lipinski definition) is 1. The fourth-order valence-corrected chi connectivity index (χ4v) is 5.35.